The summed E-state index contributed by atoms with van der Waals surface area (Å²) in [6.45, 7) is 5.21. The second kappa shape index (κ2) is 8.71. The molecule has 0 radical (unpaired) electrons. The summed E-state index contributed by atoms with van der Waals surface area (Å²) in [6.07, 6.45) is 2.47. The van der Waals surface area contributed by atoms with Crippen LogP contribution in [0.1, 0.15) is 19.8 Å². The Morgan fingerprint density at radius 1 is 1.37 bits per heavy atom. The Balaban J connectivity index is 2.01. The maximum atomic E-state index is 11.5. The summed E-state index contributed by atoms with van der Waals surface area (Å²) in [7, 11) is 0. The summed E-state index contributed by atoms with van der Waals surface area (Å²) < 4.78 is 4.81. The van der Waals surface area contributed by atoms with Crippen LogP contribution in [0.15, 0.2) is 0 Å². The summed E-state index contributed by atoms with van der Waals surface area (Å²) in [4.78, 5) is 24.0. The maximum absolute atomic E-state index is 11.5. The topological polar surface area (TPSA) is 90.9 Å². The first kappa shape index (κ1) is 15.7. The predicted molar refractivity (Wildman–Crippen MR) is 70.1 cm³/mol. The number of likely N-dealkylation sites (tertiary alicyclic amines) is 1. The van der Waals surface area contributed by atoms with Crippen molar-refractivity contribution in [2.24, 2.45) is 0 Å². The van der Waals surface area contributed by atoms with Crippen LogP contribution in [0, 0.1) is 0 Å². The van der Waals surface area contributed by atoms with Gasteiger partial charge in [0.05, 0.1) is 6.61 Å². The van der Waals surface area contributed by atoms with E-state index in [1.165, 1.54) is 12.8 Å². The van der Waals surface area contributed by atoms with Crippen LogP contribution in [0.4, 0.5) is 4.79 Å². The minimum Gasteiger partial charge on any atom is -0.480 e. The molecule has 1 unspecified atom stereocenters. The smallest absolute Gasteiger partial charge is 0.329 e. The van der Waals surface area contributed by atoms with Crippen molar-refractivity contribution in [3.63, 3.8) is 0 Å². The van der Waals surface area contributed by atoms with Gasteiger partial charge in [-0.3, -0.25) is 0 Å². The van der Waals surface area contributed by atoms with Gasteiger partial charge in [-0.1, -0.05) is 0 Å². The van der Waals surface area contributed by atoms with Crippen LogP contribution in [0.25, 0.3) is 0 Å². The Labute approximate surface area is 113 Å². The quantitative estimate of drug-likeness (QED) is 0.536. The highest BCUT2D eigenvalue weighted by molar-refractivity contribution is 5.74. The van der Waals surface area contributed by atoms with Crippen LogP contribution in [0.3, 0.4) is 0 Å². The average Bonchev–Trinajstić information content (AvgIpc) is 2.80. The standard InChI is InChI=1S/C12H23N3O4/c1-10(8-15-5-2-3-6-15)14-12(18)13-4-7-19-9-11(16)17/h10H,2-9H2,1H3,(H,16,17)(H2,13,14,18). The average molecular weight is 273 g/mol. The largest absolute Gasteiger partial charge is 0.480 e. The fourth-order valence-electron chi connectivity index (χ4n) is 2.07. The van der Waals surface area contributed by atoms with Gasteiger partial charge in [-0.2, -0.15) is 0 Å². The summed E-state index contributed by atoms with van der Waals surface area (Å²) in [6, 6.07) is -0.149. The number of urea groups is 1. The summed E-state index contributed by atoms with van der Waals surface area (Å²) in [5.41, 5.74) is 0. The van der Waals surface area contributed by atoms with Gasteiger partial charge in [0.25, 0.3) is 0 Å². The van der Waals surface area contributed by atoms with Gasteiger partial charge in [0.2, 0.25) is 0 Å². The van der Waals surface area contributed by atoms with E-state index in [4.69, 9.17) is 9.84 Å². The molecule has 1 rings (SSSR count). The zero-order valence-electron chi connectivity index (χ0n) is 11.4. The number of carboxylic acid groups (broad SMARTS) is 1. The molecule has 0 aromatic rings. The van der Waals surface area contributed by atoms with E-state index in [1.807, 2.05) is 6.92 Å². The zero-order valence-corrected chi connectivity index (χ0v) is 11.4. The third-order valence-corrected chi connectivity index (χ3v) is 2.87. The molecule has 19 heavy (non-hydrogen) atoms. The lowest BCUT2D eigenvalue weighted by Crippen LogP contribution is -2.46. The molecule has 1 aliphatic rings. The molecule has 110 valence electrons. The van der Waals surface area contributed by atoms with E-state index in [-0.39, 0.29) is 25.3 Å². The molecular formula is C12H23N3O4. The number of hydrogen-bond donors (Lipinski definition) is 3. The lowest BCUT2D eigenvalue weighted by molar-refractivity contribution is -0.142. The molecule has 1 heterocycles. The van der Waals surface area contributed by atoms with Crippen LogP contribution >= 0.6 is 0 Å². The van der Waals surface area contributed by atoms with Gasteiger partial charge in [0, 0.05) is 19.1 Å². The van der Waals surface area contributed by atoms with Crippen molar-refractivity contribution in [2.45, 2.75) is 25.8 Å². The van der Waals surface area contributed by atoms with E-state index < -0.39 is 5.97 Å². The molecule has 0 aliphatic carbocycles. The number of nitrogens with zero attached hydrogens (tertiary/aromatic N) is 1. The normalized spacial score (nSPS) is 17.1. The number of hydrogen-bond acceptors (Lipinski definition) is 4. The molecule has 0 bridgehead atoms. The van der Waals surface area contributed by atoms with Crippen molar-refractivity contribution in [1.82, 2.24) is 15.5 Å². The van der Waals surface area contributed by atoms with Crippen LogP contribution in [0.5, 0.6) is 0 Å². The lowest BCUT2D eigenvalue weighted by Gasteiger charge is -2.21. The van der Waals surface area contributed by atoms with Gasteiger partial charge < -0.3 is 25.4 Å². The molecule has 1 fully saturated rings. The summed E-state index contributed by atoms with van der Waals surface area (Å²) >= 11 is 0. The monoisotopic (exact) mass is 273 g/mol. The van der Waals surface area contributed by atoms with Gasteiger partial charge in [-0.25, -0.2) is 9.59 Å². The molecule has 1 aliphatic heterocycles. The number of rotatable bonds is 8. The number of carboxylic acids is 1. The molecule has 1 atom stereocenters. The molecule has 7 heteroatoms. The Hall–Kier alpha value is -1.34. The van der Waals surface area contributed by atoms with Gasteiger partial charge >= 0.3 is 12.0 Å². The van der Waals surface area contributed by atoms with Gasteiger partial charge in [-0.05, 0) is 32.9 Å². The van der Waals surface area contributed by atoms with Crippen molar-refractivity contribution in [1.29, 1.82) is 0 Å². The van der Waals surface area contributed by atoms with Gasteiger partial charge in [0.15, 0.2) is 0 Å². The molecule has 2 amide bonds. The fourth-order valence-corrected chi connectivity index (χ4v) is 2.07. The number of nitrogens with one attached hydrogen (secondary N) is 2. The minimum absolute atomic E-state index is 0.0954. The Morgan fingerprint density at radius 3 is 2.68 bits per heavy atom. The second-order valence-corrected chi connectivity index (χ2v) is 4.76. The highest BCUT2D eigenvalue weighted by Gasteiger charge is 2.15. The first-order chi connectivity index (χ1) is 9.08. The van der Waals surface area contributed by atoms with Crippen molar-refractivity contribution in [2.75, 3.05) is 39.4 Å². The minimum atomic E-state index is -1.01. The van der Waals surface area contributed by atoms with Crippen molar-refractivity contribution in [3.05, 3.63) is 0 Å². The molecule has 0 aromatic carbocycles. The fraction of sp³-hybridized carbons (Fsp3) is 0.833. The number of carbonyl (C=O) groups is 2. The number of carbonyl (C=O) groups excluding carboxylic acids is 1. The van der Waals surface area contributed by atoms with Crippen LogP contribution in [0.2, 0.25) is 0 Å². The third-order valence-electron chi connectivity index (χ3n) is 2.87. The van der Waals surface area contributed by atoms with E-state index in [0.29, 0.717) is 6.54 Å². The molecular weight excluding hydrogens is 250 g/mol. The number of ether oxygens (including phenoxy) is 1. The zero-order chi connectivity index (χ0) is 14.1. The van der Waals surface area contributed by atoms with Crippen LogP contribution < -0.4 is 10.6 Å². The maximum Gasteiger partial charge on any atom is 0.329 e. The highest BCUT2D eigenvalue weighted by atomic mass is 16.5. The summed E-state index contributed by atoms with van der Waals surface area (Å²) in [5, 5.41) is 13.8. The van der Waals surface area contributed by atoms with E-state index in [1.54, 1.807) is 0 Å². The SMILES string of the molecule is CC(CN1CCCC1)NC(=O)NCCOCC(=O)O. The Bertz CT molecular complexity index is 293. The van der Waals surface area contributed by atoms with Crippen molar-refractivity contribution >= 4 is 12.0 Å². The van der Waals surface area contributed by atoms with E-state index in [9.17, 15) is 9.59 Å². The first-order valence-electron chi connectivity index (χ1n) is 6.64. The molecule has 0 aromatic heterocycles. The van der Waals surface area contributed by atoms with Crippen LogP contribution in [-0.4, -0.2) is 67.4 Å². The first-order valence-corrected chi connectivity index (χ1v) is 6.64. The molecule has 3 N–H and O–H groups in total. The Kier molecular flexibility index (Phi) is 7.20. The lowest BCUT2D eigenvalue weighted by atomic mass is 10.3. The summed E-state index contributed by atoms with van der Waals surface area (Å²) in [5.74, 6) is -1.01. The highest BCUT2D eigenvalue weighted by Crippen LogP contribution is 2.07. The number of aliphatic carboxylic acids is 1. The van der Waals surface area contributed by atoms with E-state index >= 15 is 0 Å². The molecule has 0 spiro atoms. The van der Waals surface area contributed by atoms with E-state index in [2.05, 4.69) is 15.5 Å². The van der Waals surface area contributed by atoms with Gasteiger partial charge in [-0.15, -0.1) is 0 Å². The Morgan fingerprint density at radius 2 is 2.05 bits per heavy atom. The second-order valence-electron chi connectivity index (χ2n) is 4.76. The third kappa shape index (κ3) is 7.63. The van der Waals surface area contributed by atoms with Crippen LogP contribution in [-0.2, 0) is 9.53 Å². The molecule has 1 saturated heterocycles. The van der Waals surface area contributed by atoms with Crippen molar-refractivity contribution < 1.29 is 19.4 Å². The molecule has 0 saturated carbocycles. The van der Waals surface area contributed by atoms with Crippen molar-refractivity contribution in [3.8, 4) is 0 Å². The number of amides is 2. The molecule has 7 nitrogen and oxygen atoms in total. The van der Waals surface area contributed by atoms with E-state index in [0.717, 1.165) is 19.6 Å². The predicted octanol–water partition coefficient (Wildman–Crippen LogP) is -0.129. The van der Waals surface area contributed by atoms with Gasteiger partial charge in [0.1, 0.15) is 6.61 Å².